The van der Waals surface area contributed by atoms with Gasteiger partial charge in [0.05, 0.1) is 13.2 Å². The van der Waals surface area contributed by atoms with E-state index in [1.165, 1.54) is 0 Å². The van der Waals surface area contributed by atoms with Crippen molar-refractivity contribution in [2.75, 3.05) is 26.4 Å². The number of halogens is 1. The molecule has 2 aromatic rings. The Balaban J connectivity index is 1.46. The topological polar surface area (TPSA) is 56.8 Å². The number of nitrogens with one attached hydrogen (secondary N) is 1. The van der Waals surface area contributed by atoms with Crippen LogP contribution in [0.3, 0.4) is 0 Å². The third-order valence-electron chi connectivity index (χ3n) is 3.04. The van der Waals surface area contributed by atoms with Crippen molar-refractivity contribution in [1.82, 2.24) is 5.32 Å². The highest BCUT2D eigenvalue weighted by atomic mass is 35.5. The second kappa shape index (κ2) is 10.5. The molecule has 0 fully saturated rings. The molecule has 1 N–H and O–H groups in total. The van der Waals surface area contributed by atoms with Crippen LogP contribution in [0.5, 0.6) is 5.75 Å². The third-order valence-corrected chi connectivity index (χ3v) is 3.29. The predicted molar refractivity (Wildman–Crippen MR) is 92.4 cm³/mol. The van der Waals surface area contributed by atoms with Gasteiger partial charge in [-0.3, -0.25) is 0 Å². The molecular weight excluding hydrogens is 330 g/mol. The lowest BCUT2D eigenvalue weighted by molar-refractivity contribution is 0.0966. The number of amides is 1. The van der Waals surface area contributed by atoms with Crippen LogP contribution in [0.25, 0.3) is 0 Å². The van der Waals surface area contributed by atoms with Gasteiger partial charge in [-0.25, -0.2) is 4.79 Å². The van der Waals surface area contributed by atoms with Crippen LogP contribution in [0.2, 0.25) is 5.02 Å². The van der Waals surface area contributed by atoms with E-state index in [1.54, 1.807) is 24.3 Å². The van der Waals surface area contributed by atoms with E-state index in [-0.39, 0.29) is 6.61 Å². The van der Waals surface area contributed by atoms with Gasteiger partial charge >= 0.3 is 6.09 Å². The average Bonchev–Trinajstić information content (AvgIpc) is 2.61. The van der Waals surface area contributed by atoms with E-state index in [1.807, 2.05) is 30.3 Å². The number of alkyl carbamates (subject to hydrolysis) is 1. The fourth-order valence-electron chi connectivity index (χ4n) is 1.85. The molecule has 6 heteroatoms. The van der Waals surface area contributed by atoms with Gasteiger partial charge in [-0.05, 0) is 29.8 Å². The van der Waals surface area contributed by atoms with Crippen molar-refractivity contribution in [3.05, 3.63) is 65.2 Å². The van der Waals surface area contributed by atoms with Crippen LogP contribution in [-0.4, -0.2) is 32.5 Å². The summed E-state index contributed by atoms with van der Waals surface area (Å²) in [4.78, 5) is 11.5. The van der Waals surface area contributed by atoms with Crippen molar-refractivity contribution >= 4 is 17.7 Å². The van der Waals surface area contributed by atoms with E-state index in [0.29, 0.717) is 31.4 Å². The molecule has 24 heavy (non-hydrogen) atoms. The van der Waals surface area contributed by atoms with Gasteiger partial charge in [-0.15, -0.1) is 0 Å². The number of carbonyl (C=O) groups excluding carboxylic acids is 1. The molecule has 0 radical (unpaired) electrons. The molecule has 0 heterocycles. The van der Waals surface area contributed by atoms with Gasteiger partial charge < -0.3 is 19.5 Å². The van der Waals surface area contributed by atoms with E-state index in [2.05, 4.69) is 5.32 Å². The summed E-state index contributed by atoms with van der Waals surface area (Å²) < 4.78 is 15.9. The van der Waals surface area contributed by atoms with Crippen LogP contribution in [0.15, 0.2) is 54.6 Å². The maximum atomic E-state index is 11.5. The molecule has 0 atom stereocenters. The first-order valence-electron chi connectivity index (χ1n) is 7.65. The molecule has 2 aromatic carbocycles. The molecule has 1 amide bonds. The monoisotopic (exact) mass is 349 g/mol. The van der Waals surface area contributed by atoms with E-state index < -0.39 is 6.09 Å². The van der Waals surface area contributed by atoms with Gasteiger partial charge in [0, 0.05) is 11.6 Å². The number of rotatable bonds is 9. The molecule has 0 aliphatic heterocycles. The number of hydrogen-bond donors (Lipinski definition) is 1. The van der Waals surface area contributed by atoms with Gasteiger partial charge in [-0.2, -0.15) is 0 Å². The van der Waals surface area contributed by atoms with Crippen LogP contribution < -0.4 is 10.1 Å². The summed E-state index contributed by atoms with van der Waals surface area (Å²) in [5.74, 6) is 0.741. The first-order chi connectivity index (χ1) is 11.7. The molecule has 5 nitrogen and oxygen atoms in total. The van der Waals surface area contributed by atoms with E-state index in [9.17, 15) is 4.79 Å². The number of benzene rings is 2. The van der Waals surface area contributed by atoms with Crippen LogP contribution in [-0.2, 0) is 16.1 Å². The van der Waals surface area contributed by atoms with Crippen molar-refractivity contribution in [3.63, 3.8) is 0 Å². The second-order valence-corrected chi connectivity index (χ2v) is 5.34. The van der Waals surface area contributed by atoms with Gasteiger partial charge in [0.2, 0.25) is 0 Å². The smallest absolute Gasteiger partial charge is 0.407 e. The van der Waals surface area contributed by atoms with Crippen LogP contribution in [0.1, 0.15) is 5.56 Å². The second-order valence-electron chi connectivity index (χ2n) is 4.90. The molecule has 0 unspecified atom stereocenters. The maximum Gasteiger partial charge on any atom is 0.407 e. The van der Waals surface area contributed by atoms with E-state index in [0.717, 1.165) is 11.3 Å². The highest BCUT2D eigenvalue weighted by molar-refractivity contribution is 6.30. The zero-order chi connectivity index (χ0) is 17.0. The van der Waals surface area contributed by atoms with Crippen molar-refractivity contribution in [1.29, 1.82) is 0 Å². The maximum absolute atomic E-state index is 11.5. The Morgan fingerprint density at radius 3 is 2.46 bits per heavy atom. The standard InChI is InChI=1S/C18H20ClNO4/c19-16-6-8-17(9-7-16)23-13-12-22-11-10-20-18(21)24-14-15-4-2-1-3-5-15/h1-9H,10-14H2,(H,20,21). The zero-order valence-electron chi connectivity index (χ0n) is 13.2. The molecule has 0 saturated carbocycles. The minimum Gasteiger partial charge on any atom is -0.491 e. The minimum absolute atomic E-state index is 0.252. The lowest BCUT2D eigenvalue weighted by Gasteiger charge is -2.09. The van der Waals surface area contributed by atoms with Gasteiger partial charge in [0.15, 0.2) is 0 Å². The summed E-state index contributed by atoms with van der Waals surface area (Å²) in [5, 5.41) is 3.30. The Hall–Kier alpha value is -2.24. The van der Waals surface area contributed by atoms with Crippen LogP contribution >= 0.6 is 11.6 Å². The van der Waals surface area contributed by atoms with Crippen LogP contribution in [0.4, 0.5) is 4.79 Å². The molecule has 0 bridgehead atoms. The molecule has 128 valence electrons. The Labute approximate surface area is 146 Å². The Morgan fingerprint density at radius 1 is 0.958 bits per heavy atom. The van der Waals surface area contributed by atoms with Crippen LogP contribution in [0, 0.1) is 0 Å². The Morgan fingerprint density at radius 2 is 1.71 bits per heavy atom. The van der Waals surface area contributed by atoms with E-state index >= 15 is 0 Å². The highest BCUT2D eigenvalue weighted by Gasteiger charge is 2.01. The lowest BCUT2D eigenvalue weighted by Crippen LogP contribution is -2.28. The summed E-state index contributed by atoms with van der Waals surface area (Å²) >= 11 is 5.79. The predicted octanol–water partition coefficient (Wildman–Crippen LogP) is 3.66. The normalized spacial score (nSPS) is 10.2. The zero-order valence-corrected chi connectivity index (χ0v) is 14.0. The molecule has 2 rings (SSSR count). The van der Waals surface area contributed by atoms with Gasteiger partial charge in [0.25, 0.3) is 0 Å². The average molecular weight is 350 g/mol. The first kappa shape index (κ1) is 18.1. The molecule has 0 aliphatic carbocycles. The van der Waals surface area contributed by atoms with Crippen molar-refractivity contribution in [3.8, 4) is 5.75 Å². The molecule has 0 saturated heterocycles. The summed E-state index contributed by atoms with van der Waals surface area (Å²) in [6.07, 6.45) is -0.458. The first-order valence-corrected chi connectivity index (χ1v) is 8.02. The minimum atomic E-state index is -0.458. The highest BCUT2D eigenvalue weighted by Crippen LogP contribution is 2.15. The van der Waals surface area contributed by atoms with Gasteiger partial charge in [-0.1, -0.05) is 41.9 Å². The summed E-state index contributed by atoms with van der Waals surface area (Å²) in [6, 6.07) is 16.6. The SMILES string of the molecule is O=C(NCCOCCOc1ccc(Cl)cc1)OCc1ccccc1. The summed E-state index contributed by atoms with van der Waals surface area (Å²) in [5.41, 5.74) is 0.947. The Bertz CT molecular complexity index is 604. The number of carbonyl (C=O) groups is 1. The largest absolute Gasteiger partial charge is 0.491 e. The summed E-state index contributed by atoms with van der Waals surface area (Å²) in [7, 11) is 0. The van der Waals surface area contributed by atoms with Crippen molar-refractivity contribution in [2.24, 2.45) is 0 Å². The quantitative estimate of drug-likeness (QED) is 0.702. The third kappa shape index (κ3) is 7.35. The summed E-state index contributed by atoms with van der Waals surface area (Å²) in [6.45, 7) is 1.89. The molecule has 0 aliphatic rings. The van der Waals surface area contributed by atoms with Gasteiger partial charge in [0.1, 0.15) is 19.0 Å². The van der Waals surface area contributed by atoms with E-state index in [4.69, 9.17) is 25.8 Å². The fraction of sp³-hybridized carbons (Fsp3) is 0.278. The lowest BCUT2D eigenvalue weighted by atomic mass is 10.2. The fourth-order valence-corrected chi connectivity index (χ4v) is 1.98. The molecule has 0 spiro atoms. The number of ether oxygens (including phenoxy) is 3. The Kier molecular flexibility index (Phi) is 7.93. The van der Waals surface area contributed by atoms with Crippen molar-refractivity contribution < 1.29 is 19.0 Å². The number of hydrogen-bond acceptors (Lipinski definition) is 4. The van der Waals surface area contributed by atoms with Crippen molar-refractivity contribution in [2.45, 2.75) is 6.61 Å². The molecule has 0 aromatic heterocycles. The molecular formula is C18H20ClNO4.